The maximum atomic E-state index is 4.17. The number of benzene rings is 1. The summed E-state index contributed by atoms with van der Waals surface area (Å²) in [5.74, 6) is 1.47. The fourth-order valence-electron chi connectivity index (χ4n) is 2.69. The molecule has 2 unspecified atom stereocenters. The van der Waals surface area contributed by atoms with Gasteiger partial charge in [0.25, 0.3) is 0 Å². The second kappa shape index (κ2) is 5.22. The minimum absolute atomic E-state index is 0.684. The van der Waals surface area contributed by atoms with Crippen LogP contribution in [0.3, 0.4) is 0 Å². The molecule has 18 heavy (non-hydrogen) atoms. The minimum Gasteiger partial charge on any atom is -0.265 e. The number of nitrogens with zero attached hydrogens (tertiary/aromatic N) is 2. The van der Waals surface area contributed by atoms with Gasteiger partial charge in [0.15, 0.2) is 5.82 Å². The van der Waals surface area contributed by atoms with Crippen LogP contribution in [0.1, 0.15) is 37.2 Å². The standard InChI is InChI=1S/C14H16BrN3/c15-13-3-1-2-12(8-13)10-4-6-11(7-5-10)14-16-9-17-18-14/h4-7,9,12-13H,1-3,8H2,(H,16,17,18). The molecule has 2 atom stereocenters. The third-order valence-corrected chi connectivity index (χ3v) is 4.50. The molecule has 1 aliphatic rings. The highest BCUT2D eigenvalue weighted by molar-refractivity contribution is 9.09. The van der Waals surface area contributed by atoms with Crippen LogP contribution in [0.2, 0.25) is 0 Å². The van der Waals surface area contributed by atoms with E-state index >= 15 is 0 Å². The molecule has 3 nitrogen and oxygen atoms in total. The van der Waals surface area contributed by atoms with E-state index in [1.807, 2.05) is 0 Å². The molecule has 0 aliphatic heterocycles. The number of halogens is 1. The van der Waals surface area contributed by atoms with Gasteiger partial charge in [-0.25, -0.2) is 4.98 Å². The van der Waals surface area contributed by atoms with Crippen molar-refractivity contribution in [3.05, 3.63) is 36.2 Å². The Morgan fingerprint density at radius 3 is 2.67 bits per heavy atom. The maximum Gasteiger partial charge on any atom is 0.180 e. The van der Waals surface area contributed by atoms with Gasteiger partial charge < -0.3 is 0 Å². The predicted octanol–water partition coefficient (Wildman–Crippen LogP) is 3.89. The van der Waals surface area contributed by atoms with E-state index in [1.165, 1.54) is 31.2 Å². The molecule has 0 radical (unpaired) electrons. The number of alkyl halides is 1. The van der Waals surface area contributed by atoms with Crippen LogP contribution in [0.4, 0.5) is 0 Å². The van der Waals surface area contributed by atoms with Gasteiger partial charge in [-0.2, -0.15) is 5.10 Å². The van der Waals surface area contributed by atoms with Crippen molar-refractivity contribution in [3.8, 4) is 11.4 Å². The summed E-state index contributed by atoms with van der Waals surface area (Å²) in [6.45, 7) is 0. The fraction of sp³-hybridized carbons (Fsp3) is 0.429. The number of nitrogens with one attached hydrogen (secondary N) is 1. The Morgan fingerprint density at radius 1 is 1.17 bits per heavy atom. The van der Waals surface area contributed by atoms with Crippen molar-refractivity contribution in [2.24, 2.45) is 0 Å². The molecule has 1 aromatic heterocycles. The predicted molar refractivity (Wildman–Crippen MR) is 75.7 cm³/mol. The lowest BCUT2D eigenvalue weighted by Gasteiger charge is -2.26. The molecule has 4 heteroatoms. The third-order valence-electron chi connectivity index (χ3n) is 3.67. The Bertz CT molecular complexity index is 492. The molecule has 1 N–H and O–H groups in total. The normalized spacial score (nSPS) is 24.1. The highest BCUT2D eigenvalue weighted by Crippen LogP contribution is 2.36. The van der Waals surface area contributed by atoms with Crippen LogP contribution in [-0.2, 0) is 0 Å². The van der Waals surface area contributed by atoms with E-state index in [0.29, 0.717) is 10.7 Å². The number of hydrogen-bond acceptors (Lipinski definition) is 2. The summed E-state index contributed by atoms with van der Waals surface area (Å²) in [5.41, 5.74) is 2.52. The van der Waals surface area contributed by atoms with Crippen LogP contribution in [0.25, 0.3) is 11.4 Å². The van der Waals surface area contributed by atoms with Crippen LogP contribution < -0.4 is 0 Å². The average Bonchev–Trinajstić information content (AvgIpc) is 2.93. The molecule has 1 aromatic carbocycles. The first-order chi connectivity index (χ1) is 8.83. The summed E-state index contributed by atoms with van der Waals surface area (Å²) in [5, 5.41) is 6.84. The number of rotatable bonds is 2. The zero-order valence-corrected chi connectivity index (χ0v) is 11.7. The molecule has 1 heterocycles. The van der Waals surface area contributed by atoms with Crippen molar-refractivity contribution in [1.82, 2.24) is 15.2 Å². The molecule has 1 aliphatic carbocycles. The van der Waals surface area contributed by atoms with E-state index in [2.05, 4.69) is 55.4 Å². The van der Waals surface area contributed by atoms with Crippen LogP contribution >= 0.6 is 15.9 Å². The van der Waals surface area contributed by atoms with Crippen molar-refractivity contribution in [2.75, 3.05) is 0 Å². The lowest BCUT2D eigenvalue weighted by Crippen LogP contribution is -2.13. The van der Waals surface area contributed by atoms with Crippen molar-refractivity contribution in [1.29, 1.82) is 0 Å². The number of aromatic amines is 1. The summed E-state index contributed by atoms with van der Waals surface area (Å²) in [7, 11) is 0. The Labute approximate surface area is 115 Å². The van der Waals surface area contributed by atoms with Crippen molar-refractivity contribution in [2.45, 2.75) is 36.4 Å². The molecule has 2 aromatic rings. The summed E-state index contributed by atoms with van der Waals surface area (Å²) < 4.78 is 0. The van der Waals surface area contributed by atoms with Gasteiger partial charge in [0.2, 0.25) is 0 Å². The summed E-state index contributed by atoms with van der Waals surface area (Å²) in [6, 6.07) is 8.69. The van der Waals surface area contributed by atoms with Gasteiger partial charge in [-0.15, -0.1) is 0 Å². The molecule has 0 amide bonds. The zero-order chi connectivity index (χ0) is 12.4. The van der Waals surface area contributed by atoms with E-state index in [0.717, 1.165) is 11.4 Å². The molecule has 0 spiro atoms. The molecule has 0 saturated heterocycles. The van der Waals surface area contributed by atoms with Crippen molar-refractivity contribution in [3.63, 3.8) is 0 Å². The Hall–Kier alpha value is -1.16. The van der Waals surface area contributed by atoms with E-state index in [1.54, 1.807) is 6.33 Å². The van der Waals surface area contributed by atoms with Crippen LogP contribution in [-0.4, -0.2) is 20.0 Å². The Kier molecular flexibility index (Phi) is 3.46. The first-order valence-corrected chi connectivity index (χ1v) is 7.34. The first-order valence-electron chi connectivity index (χ1n) is 6.43. The lowest BCUT2D eigenvalue weighted by atomic mass is 9.84. The van der Waals surface area contributed by atoms with Crippen LogP contribution in [0.15, 0.2) is 30.6 Å². The Balaban J connectivity index is 1.78. The van der Waals surface area contributed by atoms with E-state index in [9.17, 15) is 0 Å². The van der Waals surface area contributed by atoms with Gasteiger partial charge in [0.05, 0.1) is 0 Å². The molecule has 1 fully saturated rings. The second-order valence-electron chi connectivity index (χ2n) is 4.91. The first kappa shape index (κ1) is 11.9. The SMILES string of the molecule is BrC1CCCC(c2ccc(-c3nc[nH]n3)cc2)C1. The average molecular weight is 306 g/mol. The molecule has 1 saturated carbocycles. The maximum absolute atomic E-state index is 4.17. The van der Waals surface area contributed by atoms with Gasteiger partial charge in [-0.3, -0.25) is 5.10 Å². The Morgan fingerprint density at radius 2 is 2.00 bits per heavy atom. The topological polar surface area (TPSA) is 41.6 Å². The minimum atomic E-state index is 0.684. The van der Waals surface area contributed by atoms with Gasteiger partial charge in [-0.05, 0) is 30.7 Å². The van der Waals surface area contributed by atoms with Crippen molar-refractivity contribution < 1.29 is 0 Å². The van der Waals surface area contributed by atoms with Crippen LogP contribution in [0.5, 0.6) is 0 Å². The molecule has 3 rings (SSSR count). The number of H-pyrrole nitrogens is 1. The van der Waals surface area contributed by atoms with Crippen molar-refractivity contribution >= 4 is 15.9 Å². The fourth-order valence-corrected chi connectivity index (χ4v) is 3.46. The number of aromatic nitrogens is 3. The lowest BCUT2D eigenvalue weighted by molar-refractivity contribution is 0.458. The molecular weight excluding hydrogens is 290 g/mol. The smallest absolute Gasteiger partial charge is 0.180 e. The van der Waals surface area contributed by atoms with Crippen LogP contribution in [0, 0.1) is 0 Å². The highest BCUT2D eigenvalue weighted by Gasteiger charge is 2.21. The summed E-state index contributed by atoms with van der Waals surface area (Å²) in [4.78, 5) is 4.85. The van der Waals surface area contributed by atoms with Gasteiger partial charge in [-0.1, -0.05) is 46.6 Å². The summed E-state index contributed by atoms with van der Waals surface area (Å²) >= 11 is 3.75. The molecule has 94 valence electrons. The molecular formula is C14H16BrN3. The molecule has 0 bridgehead atoms. The summed E-state index contributed by atoms with van der Waals surface area (Å²) in [6.07, 6.45) is 6.80. The third kappa shape index (κ3) is 2.48. The van der Waals surface area contributed by atoms with Gasteiger partial charge >= 0.3 is 0 Å². The van der Waals surface area contributed by atoms with E-state index in [-0.39, 0.29) is 0 Å². The van der Waals surface area contributed by atoms with E-state index < -0.39 is 0 Å². The quantitative estimate of drug-likeness (QED) is 0.855. The largest absolute Gasteiger partial charge is 0.265 e. The van der Waals surface area contributed by atoms with E-state index in [4.69, 9.17) is 0 Å². The zero-order valence-electron chi connectivity index (χ0n) is 10.1. The number of hydrogen-bond donors (Lipinski definition) is 1. The van der Waals surface area contributed by atoms with Gasteiger partial charge in [0, 0.05) is 10.4 Å². The van der Waals surface area contributed by atoms with Gasteiger partial charge in [0.1, 0.15) is 6.33 Å². The highest BCUT2D eigenvalue weighted by atomic mass is 79.9. The monoisotopic (exact) mass is 305 g/mol. The second-order valence-corrected chi connectivity index (χ2v) is 6.20.